The number of nitrogens with zero attached hydrogens (tertiary/aromatic N) is 1. The maximum absolute atomic E-state index is 12.9. The number of ether oxygens (including phenoxy) is 1. The van der Waals surface area contributed by atoms with Crippen LogP contribution in [0.4, 0.5) is 10.5 Å². The highest BCUT2D eigenvalue weighted by atomic mass is 16.6. The van der Waals surface area contributed by atoms with Crippen molar-refractivity contribution in [3.8, 4) is 0 Å². The van der Waals surface area contributed by atoms with E-state index in [4.69, 9.17) is 9.26 Å². The van der Waals surface area contributed by atoms with Crippen molar-refractivity contribution >= 4 is 23.3 Å². The molecule has 0 radical (unpaired) electrons. The van der Waals surface area contributed by atoms with Crippen molar-refractivity contribution in [1.29, 1.82) is 0 Å². The lowest BCUT2D eigenvalue weighted by Crippen LogP contribution is -2.41. The molecule has 7 nitrogen and oxygen atoms in total. The van der Waals surface area contributed by atoms with Crippen LogP contribution in [0.1, 0.15) is 54.9 Å². The third-order valence-corrected chi connectivity index (χ3v) is 7.36. The third-order valence-electron chi connectivity index (χ3n) is 7.36. The Bertz CT molecular complexity index is 1340. The number of carbonyl (C=O) groups excluding carboxylic acids is 1. The van der Waals surface area contributed by atoms with Gasteiger partial charge in [0, 0.05) is 0 Å². The maximum Gasteiger partial charge on any atom is 0.412 e. The molecule has 1 unspecified atom stereocenters. The number of anilines is 1. The second-order valence-electron chi connectivity index (χ2n) is 9.48. The molecule has 1 heterocycles. The van der Waals surface area contributed by atoms with Gasteiger partial charge in [0.05, 0.1) is 10.8 Å². The van der Waals surface area contributed by atoms with Crippen LogP contribution in [0.25, 0.3) is 5.57 Å². The number of rotatable bonds is 7. The van der Waals surface area contributed by atoms with Crippen molar-refractivity contribution < 1.29 is 24.0 Å². The van der Waals surface area contributed by atoms with E-state index in [1.54, 1.807) is 13.8 Å². The topological polar surface area (TPSA) is 102 Å². The van der Waals surface area contributed by atoms with Gasteiger partial charge in [0.15, 0.2) is 5.76 Å². The first-order valence-corrected chi connectivity index (χ1v) is 12.0. The van der Waals surface area contributed by atoms with Crippen molar-refractivity contribution in [2.75, 3.05) is 5.32 Å². The molecule has 2 N–H and O–H groups in total. The van der Waals surface area contributed by atoms with Gasteiger partial charge in [-0.05, 0) is 49.8 Å². The van der Waals surface area contributed by atoms with Crippen LogP contribution in [0.5, 0.6) is 0 Å². The number of aromatic nitrogens is 1. The predicted molar refractivity (Wildman–Crippen MR) is 135 cm³/mol. The van der Waals surface area contributed by atoms with Crippen molar-refractivity contribution in [3.63, 3.8) is 0 Å². The Kier molecular flexibility index (Phi) is 6.00. The molecule has 1 fully saturated rings. The first-order chi connectivity index (χ1) is 17.4. The molecule has 2 aliphatic carbocycles. The van der Waals surface area contributed by atoms with E-state index in [-0.39, 0.29) is 0 Å². The molecule has 2 atom stereocenters. The second-order valence-corrected chi connectivity index (χ2v) is 9.48. The van der Waals surface area contributed by atoms with Gasteiger partial charge in [-0.1, -0.05) is 84.0 Å². The van der Waals surface area contributed by atoms with Gasteiger partial charge in [-0.25, -0.2) is 4.79 Å². The highest BCUT2D eigenvalue weighted by Gasteiger charge is 2.66. The highest BCUT2D eigenvalue weighted by Crippen LogP contribution is 2.64. The summed E-state index contributed by atoms with van der Waals surface area (Å²) in [7, 11) is 0. The van der Waals surface area contributed by atoms with E-state index in [1.807, 2.05) is 78.9 Å². The van der Waals surface area contributed by atoms with Gasteiger partial charge >= 0.3 is 12.1 Å². The van der Waals surface area contributed by atoms with Crippen LogP contribution in [0, 0.1) is 12.3 Å². The molecule has 0 spiro atoms. The Labute approximate surface area is 209 Å². The van der Waals surface area contributed by atoms with E-state index >= 15 is 0 Å². The summed E-state index contributed by atoms with van der Waals surface area (Å²) < 4.78 is 11.4. The number of carbonyl (C=O) groups is 2. The first kappa shape index (κ1) is 23.6. The zero-order valence-electron chi connectivity index (χ0n) is 20.2. The molecule has 2 aliphatic rings. The van der Waals surface area contributed by atoms with Crippen molar-refractivity contribution in [3.05, 3.63) is 101 Å². The zero-order chi connectivity index (χ0) is 25.3. The molecule has 184 valence electrons. The van der Waals surface area contributed by atoms with Gasteiger partial charge in [-0.2, -0.15) is 0 Å². The van der Waals surface area contributed by atoms with Gasteiger partial charge in [-0.3, -0.25) is 10.1 Å². The summed E-state index contributed by atoms with van der Waals surface area (Å²) >= 11 is 0. The number of carboxylic acid groups (broad SMARTS) is 1. The number of nitrogens with one attached hydrogen (secondary N) is 1. The Hall–Kier alpha value is -4.13. The summed E-state index contributed by atoms with van der Waals surface area (Å²) in [6.45, 7) is 3.51. The molecule has 1 saturated carbocycles. The van der Waals surface area contributed by atoms with E-state index in [9.17, 15) is 14.7 Å². The second kappa shape index (κ2) is 9.15. The molecule has 0 aliphatic heterocycles. The summed E-state index contributed by atoms with van der Waals surface area (Å²) in [5.41, 5.74) is 1.71. The maximum atomic E-state index is 12.9. The van der Waals surface area contributed by atoms with Gasteiger partial charge in [-0.15, -0.1) is 0 Å². The molecule has 1 aromatic heterocycles. The summed E-state index contributed by atoms with van der Waals surface area (Å²) in [6.07, 6.45) is 6.19. The smallest absolute Gasteiger partial charge is 0.412 e. The Morgan fingerprint density at radius 1 is 1.08 bits per heavy atom. The fourth-order valence-corrected chi connectivity index (χ4v) is 5.11. The molecule has 7 heteroatoms. The van der Waals surface area contributed by atoms with Gasteiger partial charge in [0.2, 0.25) is 0 Å². The SMILES string of the molecule is Cc1noc(C2(C3(C(=O)O)CC3)C=CC(c3ccccc3)=CC2)c1NC(=O)O[C@H](C)c1ccccc1. The van der Waals surface area contributed by atoms with Crippen molar-refractivity contribution in [2.45, 2.75) is 44.6 Å². The quantitative estimate of drug-likeness (QED) is 0.400. The zero-order valence-corrected chi connectivity index (χ0v) is 20.2. The average molecular weight is 485 g/mol. The third kappa shape index (κ3) is 4.00. The summed E-state index contributed by atoms with van der Waals surface area (Å²) in [6, 6.07) is 19.4. The molecule has 36 heavy (non-hydrogen) atoms. The summed E-state index contributed by atoms with van der Waals surface area (Å²) in [5.74, 6) is -0.548. The van der Waals surface area contributed by atoms with Gasteiger partial charge in [0.25, 0.3) is 0 Å². The van der Waals surface area contributed by atoms with Crippen LogP contribution < -0.4 is 5.32 Å². The number of carboxylic acids is 1. The highest BCUT2D eigenvalue weighted by molar-refractivity contribution is 5.89. The minimum absolute atomic E-state index is 0.337. The van der Waals surface area contributed by atoms with Crippen LogP contribution in [-0.4, -0.2) is 22.3 Å². The minimum atomic E-state index is -1.04. The number of hydrogen-bond donors (Lipinski definition) is 2. The number of benzene rings is 2. The van der Waals surface area contributed by atoms with Crippen LogP contribution in [0.15, 0.2) is 83.4 Å². The minimum Gasteiger partial charge on any atom is -0.481 e. The lowest BCUT2D eigenvalue weighted by Gasteiger charge is -2.36. The first-order valence-electron chi connectivity index (χ1n) is 12.0. The standard InChI is InChI=1S/C29H28N2O5/c1-19-24(30-27(34)35-20(2)21-9-5-3-6-10-21)25(36-31-19)28(29(17-18-29)26(32)33)15-13-23(14-16-28)22-11-7-4-8-12-22/h3-15,20H,16-18H2,1-2H3,(H,30,34)(H,32,33)/t20-,28?/m1/s1. The molecule has 0 bridgehead atoms. The van der Waals surface area contributed by atoms with Gasteiger partial charge < -0.3 is 14.4 Å². The van der Waals surface area contributed by atoms with E-state index in [1.165, 1.54) is 0 Å². The molecular weight excluding hydrogens is 456 g/mol. The number of aryl methyl sites for hydroxylation is 1. The average Bonchev–Trinajstić information content (AvgIpc) is 3.65. The summed E-state index contributed by atoms with van der Waals surface area (Å²) in [5, 5.41) is 17.2. The molecule has 2 aromatic carbocycles. The van der Waals surface area contributed by atoms with Crippen molar-refractivity contribution in [1.82, 2.24) is 5.16 Å². The number of hydrogen-bond acceptors (Lipinski definition) is 5. The molecule has 5 rings (SSSR count). The van der Waals surface area contributed by atoms with E-state index in [0.29, 0.717) is 36.4 Å². The van der Waals surface area contributed by atoms with Crippen LogP contribution in [-0.2, 0) is 14.9 Å². The monoisotopic (exact) mass is 484 g/mol. The van der Waals surface area contributed by atoms with Crippen LogP contribution in [0.2, 0.25) is 0 Å². The van der Waals surface area contributed by atoms with Gasteiger partial charge in [0.1, 0.15) is 17.5 Å². The predicted octanol–water partition coefficient (Wildman–Crippen LogP) is 6.44. The van der Waals surface area contributed by atoms with Crippen molar-refractivity contribution in [2.24, 2.45) is 5.41 Å². The van der Waals surface area contributed by atoms with E-state index in [2.05, 4.69) is 10.5 Å². The Morgan fingerprint density at radius 2 is 1.75 bits per heavy atom. The van der Waals surface area contributed by atoms with Crippen LogP contribution in [0.3, 0.4) is 0 Å². The number of amides is 1. The fraction of sp³-hybridized carbons (Fsp3) is 0.276. The number of allylic oxidation sites excluding steroid dienone is 4. The van der Waals surface area contributed by atoms with Crippen LogP contribution >= 0.6 is 0 Å². The number of aliphatic carboxylic acids is 1. The summed E-state index contributed by atoms with van der Waals surface area (Å²) in [4.78, 5) is 25.4. The fourth-order valence-electron chi connectivity index (χ4n) is 5.11. The molecular formula is C29H28N2O5. The van der Waals surface area contributed by atoms with E-state index in [0.717, 1.165) is 16.7 Å². The largest absolute Gasteiger partial charge is 0.481 e. The Balaban J connectivity index is 1.47. The Morgan fingerprint density at radius 3 is 2.33 bits per heavy atom. The molecule has 0 saturated heterocycles. The lowest BCUT2D eigenvalue weighted by atomic mass is 9.65. The normalized spacial score (nSPS) is 20.8. The molecule has 1 amide bonds. The van der Waals surface area contributed by atoms with E-state index < -0.39 is 29.0 Å². The molecule has 3 aromatic rings. The lowest BCUT2D eigenvalue weighted by molar-refractivity contribution is -0.146.